The van der Waals surface area contributed by atoms with Crippen molar-refractivity contribution in [2.75, 3.05) is 0 Å². The zero-order chi connectivity index (χ0) is 30.2. The minimum atomic E-state index is 1.17. The highest BCUT2D eigenvalue weighted by molar-refractivity contribution is 6.26. The van der Waals surface area contributed by atoms with E-state index in [9.17, 15) is 0 Å². The molecule has 0 N–H and O–H groups in total. The molecule has 0 aliphatic rings. The SMILES string of the molecule is c1ccc(-c2ccc3c4ccc(-n5c6ccccc6c6c7ccn(-c8ccccc8)c7ccc65)cc4c4ccccc4c3c2)cc1. The van der Waals surface area contributed by atoms with Gasteiger partial charge in [0.1, 0.15) is 0 Å². The van der Waals surface area contributed by atoms with E-state index in [2.05, 4.69) is 179 Å². The van der Waals surface area contributed by atoms with E-state index in [0.717, 1.165) is 0 Å². The summed E-state index contributed by atoms with van der Waals surface area (Å²) in [6.07, 6.45) is 2.20. The average molecular weight is 585 g/mol. The summed E-state index contributed by atoms with van der Waals surface area (Å²) < 4.78 is 4.73. The van der Waals surface area contributed by atoms with Gasteiger partial charge in [-0.15, -0.1) is 0 Å². The van der Waals surface area contributed by atoms with Crippen LogP contribution < -0.4 is 0 Å². The molecule has 8 aromatic carbocycles. The Labute approximate surface area is 266 Å². The Kier molecular flexibility index (Phi) is 5.31. The van der Waals surface area contributed by atoms with E-state index in [4.69, 9.17) is 0 Å². The van der Waals surface area contributed by atoms with E-state index in [1.807, 2.05) is 0 Å². The maximum atomic E-state index is 2.45. The monoisotopic (exact) mass is 584 g/mol. The molecule has 214 valence electrons. The number of para-hydroxylation sites is 2. The first-order chi connectivity index (χ1) is 22.8. The Balaban J connectivity index is 1.24. The fourth-order valence-electron chi connectivity index (χ4n) is 7.67. The van der Waals surface area contributed by atoms with Gasteiger partial charge in [0, 0.05) is 33.7 Å². The van der Waals surface area contributed by atoms with Crippen LogP contribution in [0.5, 0.6) is 0 Å². The van der Waals surface area contributed by atoms with Crippen LogP contribution in [0, 0.1) is 0 Å². The molecule has 2 aromatic heterocycles. The van der Waals surface area contributed by atoms with Gasteiger partial charge in [0.25, 0.3) is 0 Å². The third kappa shape index (κ3) is 3.59. The predicted octanol–water partition coefficient (Wildman–Crippen LogP) is 11.9. The first-order valence-corrected chi connectivity index (χ1v) is 15.9. The van der Waals surface area contributed by atoms with Gasteiger partial charge < -0.3 is 9.13 Å². The van der Waals surface area contributed by atoms with Crippen LogP contribution in [0.25, 0.3) is 87.5 Å². The predicted molar refractivity (Wildman–Crippen MR) is 196 cm³/mol. The van der Waals surface area contributed by atoms with Crippen LogP contribution in [-0.4, -0.2) is 9.13 Å². The van der Waals surface area contributed by atoms with Crippen molar-refractivity contribution in [1.82, 2.24) is 9.13 Å². The van der Waals surface area contributed by atoms with Crippen LogP contribution in [0.2, 0.25) is 0 Å². The van der Waals surface area contributed by atoms with Crippen molar-refractivity contribution in [2.45, 2.75) is 0 Å². The molecule has 10 rings (SSSR count). The van der Waals surface area contributed by atoms with Crippen molar-refractivity contribution in [2.24, 2.45) is 0 Å². The van der Waals surface area contributed by atoms with Crippen LogP contribution >= 0.6 is 0 Å². The number of rotatable bonds is 3. The molecule has 46 heavy (non-hydrogen) atoms. The fraction of sp³-hybridized carbons (Fsp3) is 0. The summed E-state index contributed by atoms with van der Waals surface area (Å²) in [6, 6.07) is 59.7. The topological polar surface area (TPSA) is 9.86 Å². The fourth-order valence-corrected chi connectivity index (χ4v) is 7.67. The van der Waals surface area contributed by atoms with Crippen LogP contribution in [0.4, 0.5) is 0 Å². The second-order valence-corrected chi connectivity index (χ2v) is 12.2. The molecule has 0 saturated carbocycles. The molecular weight excluding hydrogens is 556 g/mol. The third-order valence-electron chi connectivity index (χ3n) is 9.73. The van der Waals surface area contributed by atoms with Gasteiger partial charge in [-0.25, -0.2) is 0 Å². The third-order valence-corrected chi connectivity index (χ3v) is 9.73. The molecule has 2 nitrogen and oxygen atoms in total. The first kappa shape index (κ1) is 25.2. The smallest absolute Gasteiger partial charge is 0.0548 e. The standard InChI is InChI=1S/C44H28N2/c1-3-11-29(12-4-1)30-19-21-35-36-22-20-32(28-40(36)34-16-8-7-15-33(34)39(35)27-30)46-42-18-10-9-17-37(42)44-38-25-26-45(31-13-5-2-6-14-31)41(38)23-24-43(44)46/h1-28H. The van der Waals surface area contributed by atoms with Crippen molar-refractivity contribution in [1.29, 1.82) is 0 Å². The largest absolute Gasteiger partial charge is 0.317 e. The van der Waals surface area contributed by atoms with Gasteiger partial charge in [-0.05, 0) is 98.0 Å². The Bertz CT molecular complexity index is 2760. The molecule has 0 bridgehead atoms. The number of hydrogen-bond donors (Lipinski definition) is 0. The maximum absolute atomic E-state index is 2.45. The highest BCUT2D eigenvalue weighted by Crippen LogP contribution is 2.41. The molecule has 0 radical (unpaired) electrons. The Hall–Kier alpha value is -6.12. The summed E-state index contributed by atoms with van der Waals surface area (Å²) in [5.74, 6) is 0. The number of benzene rings is 8. The molecule has 0 fully saturated rings. The average Bonchev–Trinajstić information content (AvgIpc) is 3.71. The van der Waals surface area contributed by atoms with Crippen LogP contribution in [-0.2, 0) is 0 Å². The van der Waals surface area contributed by atoms with Gasteiger partial charge in [0.05, 0.1) is 16.6 Å². The van der Waals surface area contributed by atoms with E-state index in [0.29, 0.717) is 0 Å². The molecule has 0 saturated heterocycles. The molecule has 2 heterocycles. The molecule has 0 aliphatic carbocycles. The minimum absolute atomic E-state index is 1.17. The zero-order valence-electron chi connectivity index (χ0n) is 25.1. The summed E-state index contributed by atoms with van der Waals surface area (Å²) in [7, 11) is 0. The lowest BCUT2D eigenvalue weighted by atomic mass is 9.92. The van der Waals surface area contributed by atoms with Gasteiger partial charge in [0.15, 0.2) is 0 Å². The van der Waals surface area contributed by atoms with E-state index < -0.39 is 0 Å². The summed E-state index contributed by atoms with van der Waals surface area (Å²) >= 11 is 0. The Morgan fingerprint density at radius 2 is 0.891 bits per heavy atom. The summed E-state index contributed by atoms with van der Waals surface area (Å²) in [6.45, 7) is 0. The molecule has 0 spiro atoms. The van der Waals surface area contributed by atoms with E-state index >= 15 is 0 Å². The Morgan fingerprint density at radius 3 is 1.67 bits per heavy atom. The van der Waals surface area contributed by atoms with Crippen molar-refractivity contribution >= 4 is 65.0 Å². The molecule has 2 heteroatoms. The van der Waals surface area contributed by atoms with Gasteiger partial charge in [0.2, 0.25) is 0 Å². The lowest BCUT2D eigenvalue weighted by Crippen LogP contribution is -1.95. The number of fused-ring (bicyclic) bond motifs is 11. The van der Waals surface area contributed by atoms with Crippen LogP contribution in [0.15, 0.2) is 170 Å². The lowest BCUT2D eigenvalue weighted by molar-refractivity contribution is 1.13. The number of aromatic nitrogens is 2. The second kappa shape index (κ2) is 9.69. The molecule has 0 atom stereocenters. The lowest BCUT2D eigenvalue weighted by Gasteiger charge is -2.15. The van der Waals surface area contributed by atoms with E-state index in [1.54, 1.807) is 0 Å². The number of nitrogens with zero attached hydrogens (tertiary/aromatic N) is 2. The summed E-state index contributed by atoms with van der Waals surface area (Å²) in [5.41, 5.74) is 8.48. The van der Waals surface area contributed by atoms with Crippen molar-refractivity contribution in [3.05, 3.63) is 170 Å². The second-order valence-electron chi connectivity index (χ2n) is 12.2. The van der Waals surface area contributed by atoms with Gasteiger partial charge in [-0.2, -0.15) is 0 Å². The molecule has 10 aromatic rings. The van der Waals surface area contributed by atoms with Crippen molar-refractivity contribution < 1.29 is 0 Å². The maximum Gasteiger partial charge on any atom is 0.0548 e. The minimum Gasteiger partial charge on any atom is -0.317 e. The molecular formula is C44H28N2. The Morgan fingerprint density at radius 1 is 0.304 bits per heavy atom. The molecule has 0 aliphatic heterocycles. The summed E-state index contributed by atoms with van der Waals surface area (Å²) in [5, 5.41) is 11.5. The van der Waals surface area contributed by atoms with Gasteiger partial charge in [-0.3, -0.25) is 0 Å². The normalized spacial score (nSPS) is 11.9. The number of hydrogen-bond acceptors (Lipinski definition) is 0. The summed E-state index contributed by atoms with van der Waals surface area (Å²) in [4.78, 5) is 0. The first-order valence-electron chi connectivity index (χ1n) is 15.9. The van der Waals surface area contributed by atoms with Crippen molar-refractivity contribution in [3.63, 3.8) is 0 Å². The van der Waals surface area contributed by atoms with Crippen LogP contribution in [0.1, 0.15) is 0 Å². The molecule has 0 unspecified atom stereocenters. The zero-order valence-corrected chi connectivity index (χ0v) is 25.1. The van der Waals surface area contributed by atoms with Crippen molar-refractivity contribution in [3.8, 4) is 22.5 Å². The van der Waals surface area contributed by atoms with E-state index in [-0.39, 0.29) is 0 Å². The van der Waals surface area contributed by atoms with E-state index in [1.165, 1.54) is 87.5 Å². The molecule has 0 amide bonds. The highest BCUT2D eigenvalue weighted by Gasteiger charge is 2.18. The van der Waals surface area contributed by atoms with Gasteiger partial charge in [-0.1, -0.05) is 109 Å². The highest BCUT2D eigenvalue weighted by atomic mass is 15.0. The quantitative estimate of drug-likeness (QED) is 0.183. The van der Waals surface area contributed by atoms with Crippen LogP contribution in [0.3, 0.4) is 0 Å². The van der Waals surface area contributed by atoms with Gasteiger partial charge >= 0.3 is 0 Å².